The number of rotatable bonds is 5. The van der Waals surface area contributed by atoms with Gasteiger partial charge in [-0.2, -0.15) is 15.0 Å². The third kappa shape index (κ3) is 3.60. The van der Waals surface area contributed by atoms with Crippen molar-refractivity contribution in [3.8, 4) is 23.1 Å². The maximum Gasteiger partial charge on any atom is 0.296 e. The summed E-state index contributed by atoms with van der Waals surface area (Å²) in [6, 6.07) is 8.62. The molecule has 3 aromatic heterocycles. The molecule has 11 heteroatoms. The van der Waals surface area contributed by atoms with E-state index in [1.807, 2.05) is 4.90 Å². The Bertz CT molecular complexity index is 1240. The van der Waals surface area contributed by atoms with Crippen molar-refractivity contribution in [1.82, 2.24) is 34.8 Å². The lowest BCUT2D eigenvalue weighted by Gasteiger charge is -2.27. The van der Waals surface area contributed by atoms with Gasteiger partial charge in [0, 0.05) is 44.1 Å². The van der Waals surface area contributed by atoms with Gasteiger partial charge in [-0.3, -0.25) is 9.55 Å². The lowest BCUT2D eigenvalue weighted by Crippen LogP contribution is -2.44. The van der Waals surface area contributed by atoms with Gasteiger partial charge >= 0.3 is 0 Å². The highest BCUT2D eigenvalue weighted by Gasteiger charge is 2.25. The van der Waals surface area contributed by atoms with Crippen LogP contribution in [0.3, 0.4) is 0 Å². The Labute approximate surface area is 182 Å². The van der Waals surface area contributed by atoms with Gasteiger partial charge in [0.15, 0.2) is 11.6 Å². The second kappa shape index (κ2) is 8.42. The maximum atomic E-state index is 14.0. The van der Waals surface area contributed by atoms with E-state index in [9.17, 15) is 8.78 Å². The zero-order valence-corrected chi connectivity index (χ0v) is 17.2. The molecule has 0 unspecified atom stereocenters. The Hall–Kier alpha value is -3.73. The molecular weight excluding hydrogens is 418 g/mol. The number of fused-ring (bicyclic) bond motifs is 1. The number of para-hydroxylation sites is 1. The summed E-state index contributed by atoms with van der Waals surface area (Å²) in [4.78, 5) is 24.0. The van der Waals surface area contributed by atoms with Gasteiger partial charge < -0.3 is 15.0 Å². The standard InChI is InChI=1S/C21H20F2N8O/c1-32-15-4-2-3-14-16(15)26-19(17(22)23)31(14)21-28-18(13-5-7-24-8-6-13)27-20(29-21)30-11-9-25-10-12-30/h2-8,17,25H,9-12H2,1H3. The van der Waals surface area contributed by atoms with Crippen LogP contribution in [0.25, 0.3) is 28.4 Å². The van der Waals surface area contributed by atoms with Gasteiger partial charge in [0.05, 0.1) is 12.6 Å². The first-order valence-corrected chi connectivity index (χ1v) is 10.1. The topological polar surface area (TPSA) is 93.9 Å². The molecule has 0 radical (unpaired) electrons. The van der Waals surface area contributed by atoms with Crippen molar-refractivity contribution in [3.05, 3.63) is 48.5 Å². The van der Waals surface area contributed by atoms with Crippen molar-refractivity contribution >= 4 is 17.0 Å². The minimum atomic E-state index is -2.84. The second-order valence-electron chi connectivity index (χ2n) is 7.17. The highest BCUT2D eigenvalue weighted by molar-refractivity contribution is 5.84. The Balaban J connectivity index is 1.76. The van der Waals surface area contributed by atoms with Crippen LogP contribution in [0.4, 0.5) is 14.7 Å². The summed E-state index contributed by atoms with van der Waals surface area (Å²) in [6.45, 7) is 2.94. The summed E-state index contributed by atoms with van der Waals surface area (Å²) < 4.78 is 34.7. The van der Waals surface area contributed by atoms with Crippen molar-refractivity contribution in [2.75, 3.05) is 38.2 Å². The van der Waals surface area contributed by atoms with E-state index in [1.54, 1.807) is 42.7 Å². The van der Waals surface area contributed by atoms with Crippen molar-refractivity contribution in [2.24, 2.45) is 0 Å². The average Bonchev–Trinajstić information content (AvgIpc) is 3.25. The molecule has 0 saturated carbocycles. The molecule has 0 spiro atoms. The highest BCUT2D eigenvalue weighted by Crippen LogP contribution is 2.32. The molecule has 4 heterocycles. The van der Waals surface area contributed by atoms with E-state index in [0.717, 1.165) is 13.1 Å². The number of halogens is 2. The van der Waals surface area contributed by atoms with Crippen LogP contribution in [0.5, 0.6) is 5.75 Å². The van der Waals surface area contributed by atoms with Gasteiger partial charge in [0.25, 0.3) is 6.43 Å². The predicted octanol–water partition coefficient (Wildman–Crippen LogP) is 2.63. The Morgan fingerprint density at radius 2 is 1.72 bits per heavy atom. The smallest absolute Gasteiger partial charge is 0.296 e. The quantitative estimate of drug-likeness (QED) is 0.508. The van der Waals surface area contributed by atoms with E-state index < -0.39 is 12.2 Å². The number of anilines is 1. The number of hydrogen-bond donors (Lipinski definition) is 1. The first kappa shape index (κ1) is 20.2. The number of nitrogens with zero attached hydrogens (tertiary/aromatic N) is 7. The summed E-state index contributed by atoms with van der Waals surface area (Å²) in [5.74, 6) is 0.812. The molecular formula is C21H20F2N8O. The number of imidazole rings is 1. The van der Waals surface area contributed by atoms with E-state index in [1.165, 1.54) is 11.7 Å². The third-order valence-corrected chi connectivity index (χ3v) is 5.24. The molecule has 1 aliphatic heterocycles. The molecule has 1 aliphatic rings. The monoisotopic (exact) mass is 438 g/mol. The molecule has 1 fully saturated rings. The fraction of sp³-hybridized carbons (Fsp3) is 0.286. The largest absolute Gasteiger partial charge is 0.494 e. The Kier molecular flexibility index (Phi) is 5.31. The molecule has 0 atom stereocenters. The number of benzene rings is 1. The van der Waals surface area contributed by atoms with Crippen LogP contribution in [0.2, 0.25) is 0 Å². The number of nitrogens with one attached hydrogen (secondary N) is 1. The second-order valence-corrected chi connectivity index (χ2v) is 7.17. The van der Waals surface area contributed by atoms with E-state index >= 15 is 0 Å². The zero-order valence-electron chi connectivity index (χ0n) is 17.2. The Morgan fingerprint density at radius 3 is 2.44 bits per heavy atom. The van der Waals surface area contributed by atoms with Gasteiger partial charge in [-0.1, -0.05) is 6.07 Å². The maximum absolute atomic E-state index is 14.0. The first-order chi connectivity index (χ1) is 15.7. The zero-order chi connectivity index (χ0) is 22.1. The van der Waals surface area contributed by atoms with Crippen molar-refractivity contribution in [3.63, 3.8) is 0 Å². The number of pyridine rings is 1. The fourth-order valence-corrected chi connectivity index (χ4v) is 3.70. The summed E-state index contributed by atoms with van der Waals surface area (Å²) >= 11 is 0. The Morgan fingerprint density at radius 1 is 0.969 bits per heavy atom. The number of aromatic nitrogens is 6. The van der Waals surface area contributed by atoms with Crippen LogP contribution < -0.4 is 15.0 Å². The molecule has 1 N–H and O–H groups in total. The van der Waals surface area contributed by atoms with Gasteiger partial charge in [-0.15, -0.1) is 0 Å². The number of hydrogen-bond acceptors (Lipinski definition) is 8. The summed E-state index contributed by atoms with van der Waals surface area (Å²) in [5.41, 5.74) is 1.46. The van der Waals surface area contributed by atoms with E-state index in [-0.39, 0.29) is 5.95 Å². The minimum absolute atomic E-state index is 0.0754. The molecule has 9 nitrogen and oxygen atoms in total. The molecule has 32 heavy (non-hydrogen) atoms. The molecule has 164 valence electrons. The highest BCUT2D eigenvalue weighted by atomic mass is 19.3. The van der Waals surface area contributed by atoms with Crippen molar-refractivity contribution in [2.45, 2.75) is 6.43 Å². The van der Waals surface area contributed by atoms with Crippen LogP contribution in [-0.4, -0.2) is 62.8 Å². The SMILES string of the molecule is COc1cccc2c1nc(C(F)F)n2-c1nc(-c2ccncc2)nc(N2CCNCC2)n1. The number of ether oxygens (including phenoxy) is 1. The number of piperazine rings is 1. The van der Waals surface area contributed by atoms with Crippen molar-refractivity contribution < 1.29 is 13.5 Å². The molecule has 0 amide bonds. The molecule has 4 aromatic rings. The van der Waals surface area contributed by atoms with E-state index in [0.29, 0.717) is 47.2 Å². The summed E-state index contributed by atoms with van der Waals surface area (Å²) in [6.07, 6.45) is 0.423. The fourth-order valence-electron chi connectivity index (χ4n) is 3.70. The lowest BCUT2D eigenvalue weighted by molar-refractivity contribution is 0.138. The van der Waals surface area contributed by atoms with Crippen LogP contribution in [0.15, 0.2) is 42.7 Å². The molecule has 1 aromatic carbocycles. The number of alkyl halides is 2. The van der Waals surface area contributed by atoms with E-state index in [4.69, 9.17) is 4.74 Å². The van der Waals surface area contributed by atoms with Crippen LogP contribution in [0, 0.1) is 0 Å². The van der Waals surface area contributed by atoms with Gasteiger partial charge in [0.1, 0.15) is 11.3 Å². The van der Waals surface area contributed by atoms with Gasteiger partial charge in [0.2, 0.25) is 11.9 Å². The molecule has 0 bridgehead atoms. The average molecular weight is 438 g/mol. The van der Waals surface area contributed by atoms with Crippen LogP contribution in [-0.2, 0) is 0 Å². The van der Waals surface area contributed by atoms with Crippen LogP contribution in [0.1, 0.15) is 12.2 Å². The van der Waals surface area contributed by atoms with Crippen molar-refractivity contribution in [1.29, 1.82) is 0 Å². The minimum Gasteiger partial charge on any atom is -0.494 e. The predicted molar refractivity (Wildman–Crippen MR) is 114 cm³/mol. The van der Waals surface area contributed by atoms with Gasteiger partial charge in [-0.05, 0) is 24.3 Å². The summed E-state index contributed by atoms with van der Waals surface area (Å²) in [5, 5.41) is 3.28. The molecule has 0 aliphatic carbocycles. The van der Waals surface area contributed by atoms with E-state index in [2.05, 4.69) is 30.2 Å². The molecule has 5 rings (SSSR count). The normalized spacial score (nSPS) is 14.3. The third-order valence-electron chi connectivity index (χ3n) is 5.24. The lowest BCUT2D eigenvalue weighted by atomic mass is 10.2. The van der Waals surface area contributed by atoms with Crippen LogP contribution >= 0.6 is 0 Å². The first-order valence-electron chi connectivity index (χ1n) is 10.1. The molecule has 1 saturated heterocycles. The number of methoxy groups -OCH3 is 1. The summed E-state index contributed by atoms with van der Waals surface area (Å²) in [7, 11) is 1.48. The van der Waals surface area contributed by atoms with Gasteiger partial charge in [-0.25, -0.2) is 13.8 Å².